The number of anilines is 1. The second kappa shape index (κ2) is 8.27. The lowest BCUT2D eigenvalue weighted by atomic mass is 9.83. The smallest absolute Gasteiger partial charge is 0.250 e. The molecule has 2 aliphatic heterocycles. The van der Waals surface area contributed by atoms with Gasteiger partial charge in [0.2, 0.25) is 5.91 Å². The number of likely N-dealkylation sites (tertiary alicyclic amines) is 1. The van der Waals surface area contributed by atoms with Crippen LogP contribution in [0.5, 0.6) is 0 Å². The number of hydrogen-bond donors (Lipinski definition) is 1. The maximum absolute atomic E-state index is 12.2. The summed E-state index contributed by atoms with van der Waals surface area (Å²) in [6, 6.07) is 12.7. The molecule has 2 atom stereocenters. The number of pyridine rings is 1. The highest BCUT2D eigenvalue weighted by Crippen LogP contribution is 2.36. The maximum Gasteiger partial charge on any atom is 0.250 e. The molecule has 2 aliphatic rings. The molecule has 0 radical (unpaired) electrons. The van der Waals surface area contributed by atoms with E-state index in [-0.39, 0.29) is 17.2 Å². The highest BCUT2D eigenvalue weighted by Gasteiger charge is 2.35. The molecule has 1 aromatic heterocycles. The fourth-order valence-corrected chi connectivity index (χ4v) is 5.18. The lowest BCUT2D eigenvalue weighted by molar-refractivity contribution is -0.113. The minimum absolute atomic E-state index is 0.0776. The van der Waals surface area contributed by atoms with Crippen molar-refractivity contribution in [3.63, 3.8) is 0 Å². The zero-order valence-electron chi connectivity index (χ0n) is 15.1. The fourth-order valence-electron chi connectivity index (χ4n) is 4.01. The summed E-state index contributed by atoms with van der Waals surface area (Å²) < 4.78 is 2.64. The lowest BCUT2D eigenvalue weighted by Gasteiger charge is -2.43. The van der Waals surface area contributed by atoms with Gasteiger partial charge in [0, 0.05) is 37.3 Å². The molecule has 8 heteroatoms. The van der Waals surface area contributed by atoms with Gasteiger partial charge in [0.25, 0.3) is 5.56 Å². The van der Waals surface area contributed by atoms with Crippen molar-refractivity contribution in [1.29, 1.82) is 0 Å². The molecular formula is C20H20ClN3O2S2. The summed E-state index contributed by atoms with van der Waals surface area (Å²) in [4.78, 5) is 26.6. The maximum atomic E-state index is 12.2. The van der Waals surface area contributed by atoms with Crippen molar-refractivity contribution in [2.24, 2.45) is 5.92 Å². The first-order chi connectivity index (χ1) is 13.5. The summed E-state index contributed by atoms with van der Waals surface area (Å²) in [5, 5.41) is 3.33. The van der Waals surface area contributed by atoms with Crippen molar-refractivity contribution in [1.82, 2.24) is 9.47 Å². The van der Waals surface area contributed by atoms with Crippen LogP contribution in [-0.2, 0) is 11.3 Å². The van der Waals surface area contributed by atoms with Crippen LogP contribution >= 0.6 is 35.6 Å². The molecule has 1 amide bonds. The van der Waals surface area contributed by atoms with Gasteiger partial charge in [-0.25, -0.2) is 0 Å². The topological polar surface area (TPSA) is 54.3 Å². The number of nitrogens with zero attached hydrogens (tertiary/aromatic N) is 2. The normalized spacial score (nSPS) is 20.4. The van der Waals surface area contributed by atoms with Crippen LogP contribution in [0.4, 0.5) is 5.69 Å². The van der Waals surface area contributed by atoms with Crippen molar-refractivity contribution in [2.75, 3.05) is 24.2 Å². The number of para-hydroxylation sites is 1. The zero-order chi connectivity index (χ0) is 19.7. The van der Waals surface area contributed by atoms with E-state index in [1.807, 2.05) is 28.8 Å². The molecule has 3 heterocycles. The van der Waals surface area contributed by atoms with Crippen molar-refractivity contribution in [3.05, 3.63) is 63.5 Å². The van der Waals surface area contributed by atoms with Gasteiger partial charge in [-0.1, -0.05) is 53.8 Å². The van der Waals surface area contributed by atoms with Crippen LogP contribution in [0.25, 0.3) is 0 Å². The number of fused-ring (bicyclic) bond motifs is 4. The largest absolute Gasteiger partial charge is 0.356 e. The summed E-state index contributed by atoms with van der Waals surface area (Å²) in [5.41, 5.74) is 1.78. The summed E-state index contributed by atoms with van der Waals surface area (Å²) in [5.74, 6) is 0.819. The van der Waals surface area contributed by atoms with Crippen LogP contribution < -0.4 is 10.9 Å². The van der Waals surface area contributed by atoms with E-state index in [0.29, 0.717) is 22.5 Å². The molecule has 1 N–H and O–H groups in total. The van der Waals surface area contributed by atoms with Crippen LogP contribution in [0.1, 0.15) is 18.0 Å². The van der Waals surface area contributed by atoms with Crippen molar-refractivity contribution in [2.45, 2.75) is 18.9 Å². The van der Waals surface area contributed by atoms with Gasteiger partial charge >= 0.3 is 0 Å². The van der Waals surface area contributed by atoms with Gasteiger partial charge in [0.1, 0.15) is 4.32 Å². The fraction of sp³-hybridized carbons (Fsp3) is 0.350. The molecule has 1 fully saturated rings. The third-order valence-electron chi connectivity index (χ3n) is 5.21. The number of aromatic nitrogens is 1. The first kappa shape index (κ1) is 19.5. The quantitative estimate of drug-likeness (QED) is 0.750. The standard InChI is InChI=1S/C20H20ClN3O2S2/c21-15-4-1-2-5-16(15)22-18(25)12-28-20(27)23-9-13-8-14(11-23)17-6-3-7-19(26)24(17)10-13/h1-7,13-14H,8-12H2,(H,22,25)/t13-,14-/m0/s1. The van der Waals surface area contributed by atoms with Crippen LogP contribution in [0.2, 0.25) is 5.02 Å². The molecule has 0 saturated carbocycles. The number of halogens is 1. The van der Waals surface area contributed by atoms with Crippen LogP contribution in [0, 0.1) is 5.92 Å². The van der Waals surface area contributed by atoms with E-state index in [4.69, 9.17) is 23.8 Å². The van der Waals surface area contributed by atoms with E-state index >= 15 is 0 Å². The lowest BCUT2D eigenvalue weighted by Crippen LogP contribution is -2.48. The molecule has 2 aromatic rings. The Morgan fingerprint density at radius 1 is 1.18 bits per heavy atom. The molecule has 146 valence electrons. The van der Waals surface area contributed by atoms with E-state index in [1.165, 1.54) is 11.8 Å². The number of nitrogens with one attached hydrogen (secondary N) is 1. The monoisotopic (exact) mass is 433 g/mol. The number of hydrogen-bond acceptors (Lipinski definition) is 4. The Bertz CT molecular complexity index is 978. The second-order valence-electron chi connectivity index (χ2n) is 7.19. The first-order valence-corrected chi connectivity index (χ1v) is 10.9. The average molecular weight is 434 g/mol. The number of carbonyl (C=O) groups is 1. The van der Waals surface area contributed by atoms with Crippen molar-refractivity contribution < 1.29 is 4.79 Å². The predicted molar refractivity (Wildman–Crippen MR) is 118 cm³/mol. The summed E-state index contributed by atoms with van der Waals surface area (Å²) in [6.45, 7) is 2.36. The van der Waals surface area contributed by atoms with Gasteiger partial charge < -0.3 is 14.8 Å². The van der Waals surface area contributed by atoms with Gasteiger partial charge in [-0.15, -0.1) is 0 Å². The molecule has 4 rings (SSSR count). The Hall–Kier alpha value is -1.83. The Morgan fingerprint density at radius 2 is 2.00 bits per heavy atom. The number of benzene rings is 1. The van der Waals surface area contributed by atoms with Crippen LogP contribution in [-0.4, -0.2) is 38.5 Å². The zero-order valence-corrected chi connectivity index (χ0v) is 17.5. The predicted octanol–water partition coefficient (Wildman–Crippen LogP) is 3.58. The van der Waals surface area contributed by atoms with E-state index in [2.05, 4.69) is 10.2 Å². The molecular weight excluding hydrogens is 414 g/mol. The number of rotatable bonds is 3. The SMILES string of the molecule is O=C(CSC(=S)N1C[C@@H]2C[C@@H](C1)c1cccc(=O)n1C2)Nc1ccccc1Cl. The molecule has 2 bridgehead atoms. The van der Waals surface area contributed by atoms with E-state index in [9.17, 15) is 9.59 Å². The molecule has 1 saturated heterocycles. The van der Waals surface area contributed by atoms with Crippen molar-refractivity contribution >= 4 is 51.5 Å². The molecule has 5 nitrogen and oxygen atoms in total. The Morgan fingerprint density at radius 3 is 2.82 bits per heavy atom. The van der Waals surface area contributed by atoms with Gasteiger partial charge in [-0.05, 0) is 30.5 Å². The second-order valence-corrected chi connectivity index (χ2v) is 9.20. The average Bonchev–Trinajstić information content (AvgIpc) is 2.68. The van der Waals surface area contributed by atoms with Crippen LogP contribution in [0.15, 0.2) is 47.3 Å². The van der Waals surface area contributed by atoms with E-state index in [0.717, 1.165) is 36.1 Å². The number of piperidine rings is 1. The number of carbonyl (C=O) groups excluding carboxylic acids is 1. The molecule has 1 aromatic carbocycles. The Kier molecular flexibility index (Phi) is 5.75. The Balaban J connectivity index is 1.36. The number of thioether (sulfide) groups is 1. The third kappa shape index (κ3) is 4.11. The molecule has 28 heavy (non-hydrogen) atoms. The van der Waals surface area contributed by atoms with E-state index in [1.54, 1.807) is 18.2 Å². The summed E-state index contributed by atoms with van der Waals surface area (Å²) in [7, 11) is 0. The van der Waals surface area contributed by atoms with Gasteiger partial charge in [-0.2, -0.15) is 0 Å². The highest BCUT2D eigenvalue weighted by atomic mass is 35.5. The van der Waals surface area contributed by atoms with E-state index < -0.39 is 0 Å². The first-order valence-electron chi connectivity index (χ1n) is 9.17. The third-order valence-corrected chi connectivity index (χ3v) is 7.07. The summed E-state index contributed by atoms with van der Waals surface area (Å²) >= 11 is 13.1. The minimum atomic E-state index is -0.130. The van der Waals surface area contributed by atoms with Crippen molar-refractivity contribution in [3.8, 4) is 0 Å². The highest BCUT2D eigenvalue weighted by molar-refractivity contribution is 8.23. The Labute approximate surface area is 178 Å². The van der Waals surface area contributed by atoms with Gasteiger partial charge in [0.05, 0.1) is 16.5 Å². The molecule has 0 aliphatic carbocycles. The number of thiocarbonyl (C=S) groups is 1. The van der Waals surface area contributed by atoms with Gasteiger partial charge in [-0.3, -0.25) is 9.59 Å². The molecule has 0 spiro atoms. The van der Waals surface area contributed by atoms with Gasteiger partial charge in [0.15, 0.2) is 0 Å². The number of amides is 1. The molecule has 0 unspecified atom stereocenters. The minimum Gasteiger partial charge on any atom is -0.356 e. The van der Waals surface area contributed by atoms with Crippen LogP contribution in [0.3, 0.4) is 0 Å². The summed E-state index contributed by atoms with van der Waals surface area (Å²) in [6.07, 6.45) is 1.08.